The maximum Gasteiger partial charge on any atom is 0.425 e. The lowest BCUT2D eigenvalue weighted by atomic mass is 10.1. The Balaban J connectivity index is 2.56. The topological polar surface area (TPSA) is 32.8 Å². The van der Waals surface area contributed by atoms with E-state index in [9.17, 15) is 18.0 Å². The first-order valence-corrected chi connectivity index (χ1v) is 6.14. The average molecular weight is 283 g/mol. The number of hydrogen-bond acceptors (Lipinski definition) is 3. The molecule has 0 N–H and O–H groups in total. The number of amides is 1. The summed E-state index contributed by atoms with van der Waals surface area (Å²) in [5.74, 6) is 0. The van der Waals surface area contributed by atoms with Crippen LogP contribution in [0.2, 0.25) is 0 Å². The summed E-state index contributed by atoms with van der Waals surface area (Å²) >= 11 is 0. The van der Waals surface area contributed by atoms with E-state index in [4.69, 9.17) is 1.37 Å². The van der Waals surface area contributed by atoms with E-state index in [0.717, 1.165) is 0 Å². The summed E-state index contributed by atoms with van der Waals surface area (Å²) in [6, 6.07) is 0. The van der Waals surface area contributed by atoms with Crippen LogP contribution in [0.15, 0.2) is 0 Å². The van der Waals surface area contributed by atoms with Crippen molar-refractivity contribution in [2.45, 2.75) is 45.5 Å². The molecular weight excluding hydrogens is 261 g/mol. The van der Waals surface area contributed by atoms with Crippen LogP contribution in [0.4, 0.5) is 18.0 Å². The molecule has 0 saturated carbocycles. The average Bonchev–Trinajstić information content (AvgIpc) is 2.26. The van der Waals surface area contributed by atoms with Crippen LogP contribution in [0.3, 0.4) is 0 Å². The molecule has 1 atom stereocenters. The van der Waals surface area contributed by atoms with Crippen molar-refractivity contribution in [1.29, 1.82) is 0 Å². The summed E-state index contributed by atoms with van der Waals surface area (Å²) in [4.78, 5) is 15.0. The minimum absolute atomic E-state index is 0.0497. The van der Waals surface area contributed by atoms with Crippen molar-refractivity contribution < 1.29 is 24.1 Å². The summed E-state index contributed by atoms with van der Waals surface area (Å²) in [7, 11) is 0. The number of rotatable bonds is 1. The third-order valence-electron chi connectivity index (χ3n) is 3.13. The second kappa shape index (κ2) is 5.56. The SMILES string of the molecule is [2H]C(C)(OC(=O)N1CCN(C(C)(C)C)CC1)C(F)(F)F. The van der Waals surface area contributed by atoms with Crippen LogP contribution < -0.4 is 0 Å². The number of halogens is 3. The molecule has 4 nitrogen and oxygen atoms in total. The molecule has 19 heavy (non-hydrogen) atoms. The van der Waals surface area contributed by atoms with Gasteiger partial charge >= 0.3 is 12.3 Å². The van der Waals surface area contributed by atoms with Gasteiger partial charge < -0.3 is 9.64 Å². The molecule has 0 aromatic carbocycles. The maximum absolute atomic E-state index is 12.5. The van der Waals surface area contributed by atoms with Gasteiger partial charge in [-0.2, -0.15) is 13.2 Å². The predicted molar refractivity (Wildman–Crippen MR) is 64.9 cm³/mol. The Morgan fingerprint density at radius 1 is 1.21 bits per heavy atom. The lowest BCUT2D eigenvalue weighted by Gasteiger charge is -2.42. The van der Waals surface area contributed by atoms with Crippen LogP contribution in [0, 0.1) is 0 Å². The van der Waals surface area contributed by atoms with Crippen molar-refractivity contribution in [2.24, 2.45) is 0 Å². The minimum atomic E-state index is -4.91. The fourth-order valence-corrected chi connectivity index (χ4v) is 1.81. The molecule has 0 aliphatic carbocycles. The lowest BCUT2D eigenvalue weighted by Crippen LogP contribution is -2.55. The van der Waals surface area contributed by atoms with Crippen LogP contribution in [0.5, 0.6) is 0 Å². The smallest absolute Gasteiger partial charge is 0.425 e. The molecule has 1 unspecified atom stereocenters. The quantitative estimate of drug-likeness (QED) is 0.741. The Morgan fingerprint density at radius 2 is 1.68 bits per heavy atom. The highest BCUT2D eigenvalue weighted by Gasteiger charge is 2.40. The van der Waals surface area contributed by atoms with E-state index in [1.165, 1.54) is 4.90 Å². The second-order valence-corrected chi connectivity index (χ2v) is 5.57. The molecule has 1 rings (SSSR count). The molecular formula is C12H21F3N2O2. The second-order valence-electron chi connectivity index (χ2n) is 5.57. The molecule has 0 radical (unpaired) electrons. The van der Waals surface area contributed by atoms with Gasteiger partial charge in [-0.3, -0.25) is 4.90 Å². The van der Waals surface area contributed by atoms with E-state index >= 15 is 0 Å². The molecule has 1 heterocycles. The Morgan fingerprint density at radius 3 is 2.05 bits per heavy atom. The summed E-state index contributed by atoms with van der Waals surface area (Å²) in [5.41, 5.74) is -0.0497. The molecule has 0 aromatic rings. The molecule has 1 saturated heterocycles. The van der Waals surface area contributed by atoms with Crippen molar-refractivity contribution in [2.75, 3.05) is 26.2 Å². The molecule has 0 bridgehead atoms. The Labute approximate surface area is 112 Å². The minimum Gasteiger partial charge on any atom is -0.437 e. The van der Waals surface area contributed by atoms with Crippen molar-refractivity contribution in [1.82, 2.24) is 9.80 Å². The standard InChI is InChI=1S/C12H21F3N2O2/c1-9(12(13,14)15)19-10(18)16-5-7-17(8-6-16)11(2,3)4/h9H,5-8H2,1-4H3/i9D. The van der Waals surface area contributed by atoms with Crippen LogP contribution >= 0.6 is 0 Å². The van der Waals surface area contributed by atoms with E-state index < -0.39 is 18.3 Å². The van der Waals surface area contributed by atoms with E-state index in [-0.39, 0.29) is 5.54 Å². The van der Waals surface area contributed by atoms with Gasteiger partial charge in [0.05, 0.1) is 1.37 Å². The highest BCUT2D eigenvalue weighted by atomic mass is 19.4. The van der Waals surface area contributed by atoms with E-state index in [0.29, 0.717) is 33.1 Å². The third kappa shape index (κ3) is 4.56. The number of hydrogen-bond donors (Lipinski definition) is 0. The summed E-state index contributed by atoms with van der Waals surface area (Å²) < 4.78 is 48.8. The molecule has 1 fully saturated rings. The fraction of sp³-hybridized carbons (Fsp3) is 0.917. The van der Waals surface area contributed by atoms with Gasteiger partial charge in [-0.1, -0.05) is 0 Å². The maximum atomic E-state index is 12.5. The van der Waals surface area contributed by atoms with E-state index in [1.807, 2.05) is 20.8 Å². The number of nitrogens with zero attached hydrogens (tertiary/aromatic N) is 2. The number of carbonyl (C=O) groups is 1. The van der Waals surface area contributed by atoms with Crippen molar-refractivity contribution >= 4 is 6.09 Å². The Kier molecular flexibility index (Phi) is 4.23. The zero-order chi connectivity index (χ0) is 15.8. The zero-order valence-electron chi connectivity index (χ0n) is 12.7. The molecule has 112 valence electrons. The molecule has 0 aromatic heterocycles. The molecule has 1 aliphatic rings. The normalized spacial score (nSPS) is 22.7. The van der Waals surface area contributed by atoms with Gasteiger partial charge in [-0.25, -0.2) is 4.79 Å². The Hall–Kier alpha value is -0.980. The van der Waals surface area contributed by atoms with Crippen LogP contribution in [0.25, 0.3) is 0 Å². The highest BCUT2D eigenvalue weighted by molar-refractivity contribution is 5.68. The van der Waals surface area contributed by atoms with Crippen molar-refractivity contribution in [3.8, 4) is 0 Å². The first-order chi connectivity index (χ1) is 8.84. The summed E-state index contributed by atoms with van der Waals surface area (Å²) in [5, 5.41) is 0. The fourth-order valence-electron chi connectivity index (χ4n) is 1.81. The van der Waals surface area contributed by atoms with Gasteiger partial charge in [-0.05, 0) is 27.7 Å². The number of ether oxygens (including phenoxy) is 1. The van der Waals surface area contributed by atoms with Gasteiger partial charge in [0, 0.05) is 31.7 Å². The van der Waals surface area contributed by atoms with E-state index in [2.05, 4.69) is 9.64 Å². The van der Waals surface area contributed by atoms with Gasteiger partial charge in [0.1, 0.15) is 0 Å². The molecule has 0 spiro atoms. The summed E-state index contributed by atoms with van der Waals surface area (Å²) in [6.45, 7) is 8.35. The zero-order valence-corrected chi connectivity index (χ0v) is 11.7. The van der Waals surface area contributed by atoms with Crippen LogP contribution in [-0.2, 0) is 4.74 Å². The van der Waals surface area contributed by atoms with Crippen LogP contribution in [0.1, 0.15) is 29.1 Å². The number of carbonyl (C=O) groups excluding carboxylic acids is 1. The first kappa shape index (κ1) is 14.4. The number of alkyl halides is 3. The molecule has 1 aliphatic heterocycles. The van der Waals surface area contributed by atoms with Crippen molar-refractivity contribution in [3.05, 3.63) is 0 Å². The number of piperazine rings is 1. The highest BCUT2D eigenvalue weighted by Crippen LogP contribution is 2.23. The van der Waals surface area contributed by atoms with Gasteiger partial charge in [0.15, 0.2) is 6.08 Å². The van der Waals surface area contributed by atoms with Gasteiger partial charge in [0.2, 0.25) is 0 Å². The van der Waals surface area contributed by atoms with Crippen molar-refractivity contribution in [3.63, 3.8) is 0 Å². The van der Waals surface area contributed by atoms with E-state index in [1.54, 1.807) is 0 Å². The molecule has 7 heteroatoms. The largest absolute Gasteiger partial charge is 0.437 e. The molecule has 1 amide bonds. The third-order valence-corrected chi connectivity index (χ3v) is 3.13. The first-order valence-electron chi connectivity index (χ1n) is 6.64. The monoisotopic (exact) mass is 283 g/mol. The summed E-state index contributed by atoms with van der Waals surface area (Å²) in [6.07, 6.45) is -9.21. The van der Waals surface area contributed by atoms with Gasteiger partial charge in [-0.15, -0.1) is 0 Å². The van der Waals surface area contributed by atoms with Crippen LogP contribution in [-0.4, -0.2) is 59.9 Å². The lowest BCUT2D eigenvalue weighted by molar-refractivity contribution is -0.200. The predicted octanol–water partition coefficient (Wildman–Crippen LogP) is 2.49. The van der Waals surface area contributed by atoms with Gasteiger partial charge in [0.25, 0.3) is 0 Å². The Bertz CT molecular complexity index is 359.